The lowest BCUT2D eigenvalue weighted by Crippen LogP contribution is -2.47. The molecule has 2 aromatic carbocycles. The minimum Gasteiger partial charge on any atom is -0.347 e. The van der Waals surface area contributed by atoms with Crippen LogP contribution in [0.4, 0.5) is 17.6 Å². The Hall–Kier alpha value is -2.90. The smallest absolute Gasteiger partial charge is 0.347 e. The van der Waals surface area contributed by atoms with E-state index >= 15 is 0 Å². The van der Waals surface area contributed by atoms with Gasteiger partial charge in [0.15, 0.2) is 0 Å². The predicted molar refractivity (Wildman–Crippen MR) is 120 cm³/mol. The molecule has 1 aliphatic heterocycles. The van der Waals surface area contributed by atoms with Crippen molar-refractivity contribution in [3.8, 4) is 0 Å². The fourth-order valence-electron chi connectivity index (χ4n) is 4.56. The summed E-state index contributed by atoms with van der Waals surface area (Å²) in [7, 11) is 0. The molecule has 34 heavy (non-hydrogen) atoms. The van der Waals surface area contributed by atoms with Crippen LogP contribution in [0.5, 0.6) is 0 Å². The van der Waals surface area contributed by atoms with Crippen LogP contribution in [0.1, 0.15) is 78.5 Å². The summed E-state index contributed by atoms with van der Waals surface area (Å²) in [5, 5.41) is 2.85. The molecule has 4 rings (SSSR count). The maximum absolute atomic E-state index is 14.7. The molecule has 1 N–H and O–H groups in total. The van der Waals surface area contributed by atoms with Crippen LogP contribution < -0.4 is 5.32 Å². The number of nitrogens with zero attached hydrogens (tertiary/aromatic N) is 1. The van der Waals surface area contributed by atoms with Gasteiger partial charge >= 0.3 is 6.18 Å². The Bertz CT molecular complexity index is 1080. The molecule has 2 aliphatic rings. The highest BCUT2D eigenvalue weighted by Gasteiger charge is 2.40. The predicted octanol–water partition coefficient (Wildman–Crippen LogP) is 5.84. The highest BCUT2D eigenvalue weighted by Crippen LogP contribution is 2.43. The van der Waals surface area contributed by atoms with Gasteiger partial charge in [0.25, 0.3) is 5.91 Å². The summed E-state index contributed by atoms with van der Waals surface area (Å²) in [5.41, 5.74) is 0.520. The first-order chi connectivity index (χ1) is 16.1. The van der Waals surface area contributed by atoms with Crippen LogP contribution in [-0.4, -0.2) is 29.3 Å². The summed E-state index contributed by atoms with van der Waals surface area (Å²) < 4.78 is 53.5. The summed E-state index contributed by atoms with van der Waals surface area (Å²) in [6.45, 7) is 4.51. The summed E-state index contributed by atoms with van der Waals surface area (Å²) in [4.78, 5) is 28.0. The molecule has 0 bridgehead atoms. The van der Waals surface area contributed by atoms with Crippen LogP contribution in [-0.2, 0) is 11.0 Å². The SMILES string of the molecule is CC(C)c1cccc(C(=O)N2CCCC2C(=O)N[C@@H](c2ccc(C(F)(F)F)cc2F)C2CC2)c1. The van der Waals surface area contributed by atoms with E-state index in [-0.39, 0.29) is 23.3 Å². The maximum Gasteiger partial charge on any atom is 0.416 e. The lowest BCUT2D eigenvalue weighted by atomic mass is 9.99. The van der Waals surface area contributed by atoms with Gasteiger partial charge < -0.3 is 10.2 Å². The first-order valence-corrected chi connectivity index (χ1v) is 11.6. The van der Waals surface area contributed by atoms with Crippen molar-refractivity contribution in [2.75, 3.05) is 6.54 Å². The second-order valence-corrected chi connectivity index (χ2v) is 9.49. The van der Waals surface area contributed by atoms with Crippen molar-refractivity contribution < 1.29 is 27.2 Å². The maximum atomic E-state index is 14.7. The Balaban J connectivity index is 1.52. The van der Waals surface area contributed by atoms with E-state index in [4.69, 9.17) is 0 Å². The van der Waals surface area contributed by atoms with Crippen molar-refractivity contribution in [2.45, 2.75) is 63.7 Å². The largest absolute Gasteiger partial charge is 0.416 e. The Morgan fingerprint density at radius 2 is 1.79 bits per heavy atom. The fraction of sp³-hybridized carbons (Fsp3) is 0.462. The highest BCUT2D eigenvalue weighted by molar-refractivity contribution is 5.98. The second-order valence-electron chi connectivity index (χ2n) is 9.49. The van der Waals surface area contributed by atoms with Crippen LogP contribution in [0, 0.1) is 11.7 Å². The number of likely N-dealkylation sites (tertiary alicyclic amines) is 1. The average Bonchev–Trinajstić information content (AvgIpc) is 3.51. The van der Waals surface area contributed by atoms with Gasteiger partial charge in [0.2, 0.25) is 5.91 Å². The molecule has 1 unspecified atom stereocenters. The molecule has 1 aliphatic carbocycles. The topological polar surface area (TPSA) is 49.4 Å². The normalized spacial score (nSPS) is 19.4. The Kier molecular flexibility index (Phi) is 6.69. The number of halogens is 4. The van der Waals surface area contributed by atoms with E-state index in [1.807, 2.05) is 32.0 Å². The zero-order valence-electron chi connectivity index (χ0n) is 19.2. The van der Waals surface area contributed by atoms with Crippen LogP contribution in [0.15, 0.2) is 42.5 Å². The first kappa shape index (κ1) is 24.2. The summed E-state index contributed by atoms with van der Waals surface area (Å²) >= 11 is 0. The lowest BCUT2D eigenvalue weighted by molar-refractivity contribution is -0.137. The molecular weight excluding hydrogens is 448 g/mol. The summed E-state index contributed by atoms with van der Waals surface area (Å²) in [6, 6.07) is 8.34. The summed E-state index contributed by atoms with van der Waals surface area (Å²) in [5.74, 6) is -1.41. The molecule has 0 spiro atoms. The van der Waals surface area contributed by atoms with Gasteiger partial charge in [0.1, 0.15) is 11.9 Å². The molecular formula is C26H28F4N2O2. The van der Waals surface area contributed by atoms with Crippen molar-refractivity contribution in [3.63, 3.8) is 0 Å². The van der Waals surface area contributed by atoms with Gasteiger partial charge in [0.05, 0.1) is 11.6 Å². The Morgan fingerprint density at radius 3 is 2.41 bits per heavy atom. The zero-order valence-corrected chi connectivity index (χ0v) is 19.2. The Morgan fingerprint density at radius 1 is 1.06 bits per heavy atom. The number of rotatable bonds is 6. The third-order valence-corrected chi connectivity index (χ3v) is 6.67. The molecule has 1 heterocycles. The molecule has 0 radical (unpaired) electrons. The molecule has 182 valence electrons. The van der Waals surface area contributed by atoms with Gasteiger partial charge in [0, 0.05) is 17.7 Å². The van der Waals surface area contributed by atoms with E-state index in [0.717, 1.165) is 30.5 Å². The van der Waals surface area contributed by atoms with Crippen molar-refractivity contribution in [3.05, 3.63) is 70.5 Å². The number of hydrogen-bond donors (Lipinski definition) is 1. The Labute approximate surface area is 196 Å². The minimum atomic E-state index is -4.64. The quantitative estimate of drug-likeness (QED) is 0.533. The molecule has 0 aromatic heterocycles. The lowest BCUT2D eigenvalue weighted by Gasteiger charge is -2.27. The average molecular weight is 477 g/mol. The fourth-order valence-corrected chi connectivity index (χ4v) is 4.56. The van der Waals surface area contributed by atoms with E-state index in [9.17, 15) is 27.2 Å². The minimum absolute atomic E-state index is 0.0385. The summed E-state index contributed by atoms with van der Waals surface area (Å²) in [6.07, 6.45) is -2.00. The van der Waals surface area contributed by atoms with Crippen LogP contribution in [0.2, 0.25) is 0 Å². The molecule has 2 aromatic rings. The van der Waals surface area contributed by atoms with Crippen molar-refractivity contribution in [1.82, 2.24) is 10.2 Å². The number of nitrogens with one attached hydrogen (secondary N) is 1. The van der Waals surface area contributed by atoms with E-state index in [0.29, 0.717) is 31.0 Å². The van der Waals surface area contributed by atoms with E-state index < -0.39 is 35.5 Å². The van der Waals surface area contributed by atoms with E-state index in [1.165, 1.54) is 0 Å². The molecule has 4 nitrogen and oxygen atoms in total. The van der Waals surface area contributed by atoms with Crippen LogP contribution >= 0.6 is 0 Å². The zero-order chi connectivity index (χ0) is 24.6. The number of alkyl halides is 3. The molecule has 2 atom stereocenters. The number of benzene rings is 2. The number of hydrogen-bond acceptors (Lipinski definition) is 2. The van der Waals surface area contributed by atoms with E-state index in [1.54, 1.807) is 11.0 Å². The number of amides is 2. The van der Waals surface area contributed by atoms with Gasteiger partial charge in [-0.2, -0.15) is 13.2 Å². The van der Waals surface area contributed by atoms with Crippen molar-refractivity contribution in [1.29, 1.82) is 0 Å². The van der Waals surface area contributed by atoms with Gasteiger partial charge in [-0.1, -0.05) is 32.0 Å². The third kappa shape index (κ3) is 5.10. The van der Waals surface area contributed by atoms with Gasteiger partial charge in [-0.3, -0.25) is 9.59 Å². The van der Waals surface area contributed by atoms with Crippen LogP contribution in [0.3, 0.4) is 0 Å². The van der Waals surface area contributed by atoms with E-state index in [2.05, 4.69) is 5.32 Å². The highest BCUT2D eigenvalue weighted by atomic mass is 19.4. The van der Waals surface area contributed by atoms with Gasteiger partial charge in [-0.15, -0.1) is 0 Å². The van der Waals surface area contributed by atoms with Gasteiger partial charge in [-0.25, -0.2) is 4.39 Å². The monoisotopic (exact) mass is 476 g/mol. The number of carbonyl (C=O) groups is 2. The second kappa shape index (κ2) is 9.39. The van der Waals surface area contributed by atoms with Crippen LogP contribution in [0.25, 0.3) is 0 Å². The first-order valence-electron chi connectivity index (χ1n) is 11.6. The standard InChI is InChI=1S/C26H28F4N2O2/c1-15(2)17-5-3-6-18(13-17)25(34)32-12-4-7-22(32)24(33)31-23(16-8-9-16)20-11-10-19(14-21(20)27)26(28,29)30/h3,5-6,10-11,13-16,22-23H,4,7-9,12H2,1-2H3,(H,31,33)/t22?,23-/m1/s1. The molecule has 2 amide bonds. The molecule has 8 heteroatoms. The van der Waals surface area contributed by atoms with Gasteiger partial charge in [-0.05, 0) is 67.3 Å². The van der Waals surface area contributed by atoms with Crippen molar-refractivity contribution in [2.24, 2.45) is 5.92 Å². The van der Waals surface area contributed by atoms with Crippen molar-refractivity contribution >= 4 is 11.8 Å². The number of carbonyl (C=O) groups excluding carboxylic acids is 2. The molecule has 1 saturated heterocycles. The molecule has 2 fully saturated rings. The molecule has 1 saturated carbocycles. The third-order valence-electron chi connectivity index (χ3n) is 6.67.